The Labute approximate surface area is 96.6 Å². The Morgan fingerprint density at radius 3 is 2.50 bits per heavy atom. The molecule has 1 rings (SSSR count). The van der Waals surface area contributed by atoms with Crippen molar-refractivity contribution < 1.29 is 14.7 Å². The number of rotatable bonds is 5. The maximum Gasteiger partial charge on any atom is 0.305 e. The average Bonchev–Trinajstić information content (AvgIpc) is 2.66. The van der Waals surface area contributed by atoms with Crippen LogP contribution in [0.3, 0.4) is 0 Å². The van der Waals surface area contributed by atoms with Crippen molar-refractivity contribution in [3.63, 3.8) is 0 Å². The molecule has 4 heteroatoms. The summed E-state index contributed by atoms with van der Waals surface area (Å²) in [4.78, 5) is 24.6. The van der Waals surface area contributed by atoms with Crippen molar-refractivity contribution in [1.82, 2.24) is 4.90 Å². The standard InChI is InChI=1S/C12H21NO3/c1-3-9(4-2)12(16)13-7-5-6-10(13)8-11(14)15/h9-10H,3-8H2,1-2H3,(H,14,15). The Morgan fingerprint density at radius 1 is 1.38 bits per heavy atom. The van der Waals surface area contributed by atoms with E-state index in [0.717, 1.165) is 32.2 Å². The molecule has 0 aromatic rings. The molecule has 16 heavy (non-hydrogen) atoms. The topological polar surface area (TPSA) is 57.6 Å². The van der Waals surface area contributed by atoms with Crippen LogP contribution in [0.5, 0.6) is 0 Å². The highest BCUT2D eigenvalue weighted by Gasteiger charge is 2.32. The molecule has 0 saturated carbocycles. The van der Waals surface area contributed by atoms with Crippen LogP contribution in [0, 0.1) is 5.92 Å². The lowest BCUT2D eigenvalue weighted by atomic mass is 10.0. The third-order valence-electron chi connectivity index (χ3n) is 3.41. The number of hydrogen-bond donors (Lipinski definition) is 1. The summed E-state index contributed by atoms with van der Waals surface area (Å²) in [5.41, 5.74) is 0. The lowest BCUT2D eigenvalue weighted by Gasteiger charge is -2.27. The van der Waals surface area contributed by atoms with Gasteiger partial charge in [0.1, 0.15) is 0 Å². The van der Waals surface area contributed by atoms with Gasteiger partial charge >= 0.3 is 5.97 Å². The number of likely N-dealkylation sites (tertiary alicyclic amines) is 1. The zero-order valence-corrected chi connectivity index (χ0v) is 10.1. The van der Waals surface area contributed by atoms with Crippen LogP contribution in [0.15, 0.2) is 0 Å². The summed E-state index contributed by atoms with van der Waals surface area (Å²) in [6, 6.07) is -0.0781. The molecule has 1 N–H and O–H groups in total. The van der Waals surface area contributed by atoms with E-state index in [-0.39, 0.29) is 24.3 Å². The molecule has 1 amide bonds. The molecule has 0 aromatic heterocycles. The van der Waals surface area contributed by atoms with Gasteiger partial charge < -0.3 is 10.0 Å². The maximum absolute atomic E-state index is 12.1. The number of carbonyl (C=O) groups excluding carboxylic acids is 1. The molecule has 1 atom stereocenters. The Bertz CT molecular complexity index is 261. The van der Waals surface area contributed by atoms with Crippen molar-refractivity contribution in [3.05, 3.63) is 0 Å². The van der Waals surface area contributed by atoms with Gasteiger partial charge in [0, 0.05) is 18.5 Å². The first-order valence-electron chi connectivity index (χ1n) is 6.12. The zero-order chi connectivity index (χ0) is 12.1. The second-order valence-electron chi connectivity index (χ2n) is 4.44. The summed E-state index contributed by atoms with van der Waals surface area (Å²) in [6.45, 7) is 4.75. The minimum atomic E-state index is -0.811. The minimum absolute atomic E-state index is 0.0643. The van der Waals surface area contributed by atoms with Crippen molar-refractivity contribution in [2.75, 3.05) is 6.54 Å². The van der Waals surface area contributed by atoms with Gasteiger partial charge in [-0.05, 0) is 25.7 Å². The van der Waals surface area contributed by atoms with E-state index in [1.54, 1.807) is 4.90 Å². The zero-order valence-electron chi connectivity index (χ0n) is 10.1. The summed E-state index contributed by atoms with van der Waals surface area (Å²) < 4.78 is 0. The molecule has 4 nitrogen and oxygen atoms in total. The predicted molar refractivity (Wildman–Crippen MR) is 61.1 cm³/mol. The molecular formula is C12H21NO3. The first kappa shape index (κ1) is 13.0. The van der Waals surface area contributed by atoms with Gasteiger partial charge in [0.15, 0.2) is 0 Å². The summed E-state index contributed by atoms with van der Waals surface area (Å²) >= 11 is 0. The Morgan fingerprint density at radius 2 is 2.00 bits per heavy atom. The van der Waals surface area contributed by atoms with Gasteiger partial charge in [-0.2, -0.15) is 0 Å². The van der Waals surface area contributed by atoms with E-state index in [1.807, 2.05) is 13.8 Å². The molecule has 0 aliphatic carbocycles. The number of carboxylic acids is 1. The Hall–Kier alpha value is -1.06. The fourth-order valence-electron chi connectivity index (χ4n) is 2.41. The maximum atomic E-state index is 12.1. The highest BCUT2D eigenvalue weighted by atomic mass is 16.4. The highest BCUT2D eigenvalue weighted by Crippen LogP contribution is 2.24. The summed E-state index contributed by atoms with van der Waals surface area (Å²) in [6.07, 6.45) is 3.53. The summed E-state index contributed by atoms with van der Waals surface area (Å²) in [7, 11) is 0. The van der Waals surface area contributed by atoms with Gasteiger partial charge in [-0.25, -0.2) is 0 Å². The lowest BCUT2D eigenvalue weighted by Crippen LogP contribution is -2.40. The first-order valence-corrected chi connectivity index (χ1v) is 6.12. The number of carbonyl (C=O) groups is 2. The summed E-state index contributed by atoms with van der Waals surface area (Å²) in [5, 5.41) is 8.79. The van der Waals surface area contributed by atoms with Crippen molar-refractivity contribution in [3.8, 4) is 0 Å². The molecule has 1 unspecified atom stereocenters. The first-order chi connectivity index (χ1) is 7.60. The fourth-order valence-corrected chi connectivity index (χ4v) is 2.41. The molecule has 0 radical (unpaired) electrons. The Balaban J connectivity index is 2.63. The number of nitrogens with zero attached hydrogens (tertiary/aromatic N) is 1. The molecular weight excluding hydrogens is 206 g/mol. The van der Waals surface area contributed by atoms with E-state index in [0.29, 0.717) is 0 Å². The second kappa shape index (κ2) is 5.87. The Kier molecular flexibility index (Phi) is 4.77. The molecule has 92 valence electrons. The van der Waals surface area contributed by atoms with Crippen LogP contribution in [-0.4, -0.2) is 34.5 Å². The van der Waals surface area contributed by atoms with Crippen LogP contribution < -0.4 is 0 Å². The third kappa shape index (κ3) is 2.97. The average molecular weight is 227 g/mol. The van der Waals surface area contributed by atoms with Crippen molar-refractivity contribution in [1.29, 1.82) is 0 Å². The number of carboxylic acid groups (broad SMARTS) is 1. The fraction of sp³-hybridized carbons (Fsp3) is 0.833. The quantitative estimate of drug-likeness (QED) is 0.780. The van der Waals surface area contributed by atoms with Gasteiger partial charge in [0.2, 0.25) is 5.91 Å². The molecule has 1 saturated heterocycles. The van der Waals surface area contributed by atoms with E-state index in [9.17, 15) is 9.59 Å². The van der Waals surface area contributed by atoms with E-state index in [2.05, 4.69) is 0 Å². The van der Waals surface area contributed by atoms with Crippen LogP contribution in [0.4, 0.5) is 0 Å². The van der Waals surface area contributed by atoms with E-state index < -0.39 is 5.97 Å². The van der Waals surface area contributed by atoms with Crippen molar-refractivity contribution >= 4 is 11.9 Å². The molecule has 0 aromatic carbocycles. The number of hydrogen-bond acceptors (Lipinski definition) is 2. The van der Waals surface area contributed by atoms with Gasteiger partial charge in [-0.1, -0.05) is 13.8 Å². The molecule has 0 bridgehead atoms. The monoisotopic (exact) mass is 227 g/mol. The minimum Gasteiger partial charge on any atom is -0.481 e. The molecule has 1 heterocycles. The van der Waals surface area contributed by atoms with Crippen LogP contribution in [-0.2, 0) is 9.59 Å². The third-order valence-corrected chi connectivity index (χ3v) is 3.41. The van der Waals surface area contributed by atoms with Gasteiger partial charge in [0.25, 0.3) is 0 Å². The SMILES string of the molecule is CCC(CC)C(=O)N1CCCC1CC(=O)O. The van der Waals surface area contributed by atoms with Crippen LogP contribution in [0.2, 0.25) is 0 Å². The highest BCUT2D eigenvalue weighted by molar-refractivity contribution is 5.80. The predicted octanol–water partition coefficient (Wildman–Crippen LogP) is 1.89. The van der Waals surface area contributed by atoms with E-state index in [4.69, 9.17) is 5.11 Å². The van der Waals surface area contributed by atoms with Crippen LogP contribution >= 0.6 is 0 Å². The smallest absolute Gasteiger partial charge is 0.305 e. The normalized spacial score (nSPS) is 20.4. The summed E-state index contributed by atoms with van der Waals surface area (Å²) in [5.74, 6) is -0.600. The second-order valence-corrected chi connectivity index (χ2v) is 4.44. The number of aliphatic carboxylic acids is 1. The van der Waals surface area contributed by atoms with E-state index >= 15 is 0 Å². The molecule has 0 spiro atoms. The van der Waals surface area contributed by atoms with Gasteiger partial charge in [0.05, 0.1) is 6.42 Å². The van der Waals surface area contributed by atoms with Crippen LogP contribution in [0.25, 0.3) is 0 Å². The van der Waals surface area contributed by atoms with Gasteiger partial charge in [-0.3, -0.25) is 9.59 Å². The molecule has 1 aliphatic heterocycles. The van der Waals surface area contributed by atoms with Crippen LogP contribution in [0.1, 0.15) is 46.0 Å². The largest absolute Gasteiger partial charge is 0.481 e. The molecule has 1 aliphatic rings. The van der Waals surface area contributed by atoms with Crippen molar-refractivity contribution in [2.45, 2.75) is 52.0 Å². The number of amides is 1. The van der Waals surface area contributed by atoms with E-state index in [1.165, 1.54) is 0 Å². The van der Waals surface area contributed by atoms with Crippen molar-refractivity contribution in [2.24, 2.45) is 5.92 Å². The lowest BCUT2D eigenvalue weighted by molar-refractivity contribution is -0.141. The molecule has 1 fully saturated rings. The van der Waals surface area contributed by atoms with Gasteiger partial charge in [-0.15, -0.1) is 0 Å².